The van der Waals surface area contributed by atoms with Gasteiger partial charge in [-0.25, -0.2) is 9.97 Å². The normalized spacial score (nSPS) is 10.7. The molecule has 0 fully saturated rings. The first-order valence-corrected chi connectivity index (χ1v) is 3.90. The molecule has 0 unspecified atom stereocenters. The minimum absolute atomic E-state index is 0.641. The molecule has 0 atom stereocenters. The van der Waals surface area contributed by atoms with Crippen molar-refractivity contribution in [3.63, 3.8) is 0 Å². The van der Waals surface area contributed by atoms with Crippen molar-refractivity contribution in [1.29, 1.82) is 0 Å². The van der Waals surface area contributed by atoms with Gasteiger partial charge in [0.1, 0.15) is 10.1 Å². The van der Waals surface area contributed by atoms with Crippen LogP contribution in [0.25, 0.3) is 11.2 Å². The summed E-state index contributed by atoms with van der Waals surface area (Å²) in [5.74, 6) is 0. The number of H-pyrrole nitrogens is 1. The van der Waals surface area contributed by atoms with E-state index in [-0.39, 0.29) is 0 Å². The van der Waals surface area contributed by atoms with Gasteiger partial charge in [0.25, 0.3) is 0 Å². The van der Waals surface area contributed by atoms with Crippen molar-refractivity contribution in [3.8, 4) is 0 Å². The third kappa shape index (κ3) is 1.01. The first kappa shape index (κ1) is 6.72. The Kier molecular flexibility index (Phi) is 1.38. The molecule has 4 nitrogen and oxygen atoms in total. The number of halogens is 1. The maximum atomic E-state index is 4.23. The number of rotatable bonds is 0. The topological polar surface area (TPSA) is 54.5 Å². The van der Waals surface area contributed by atoms with E-state index >= 15 is 0 Å². The quantitative estimate of drug-likeness (QED) is 0.719. The van der Waals surface area contributed by atoms with Crippen molar-refractivity contribution in [2.75, 3.05) is 0 Å². The van der Waals surface area contributed by atoms with Crippen molar-refractivity contribution in [2.45, 2.75) is 6.92 Å². The van der Waals surface area contributed by atoms with Gasteiger partial charge in [-0.05, 0) is 22.9 Å². The van der Waals surface area contributed by atoms with Crippen LogP contribution in [-0.4, -0.2) is 20.2 Å². The van der Waals surface area contributed by atoms with Crippen LogP contribution in [0.3, 0.4) is 0 Å². The van der Waals surface area contributed by atoms with Gasteiger partial charge in [-0.1, -0.05) is 0 Å². The van der Waals surface area contributed by atoms with Crippen molar-refractivity contribution >= 4 is 27.1 Å². The predicted octanol–water partition coefficient (Wildman–Crippen LogP) is 1.42. The summed E-state index contributed by atoms with van der Waals surface area (Å²) in [4.78, 5) is 8.30. The van der Waals surface area contributed by atoms with E-state index in [1.54, 1.807) is 6.20 Å². The molecule has 1 N–H and O–H groups in total. The Morgan fingerprint density at radius 3 is 3.18 bits per heavy atom. The third-order valence-electron chi connectivity index (χ3n) is 1.34. The molecule has 2 aromatic heterocycles. The van der Waals surface area contributed by atoms with Crippen molar-refractivity contribution in [2.24, 2.45) is 0 Å². The number of nitrogens with zero attached hydrogens (tertiary/aromatic N) is 3. The second-order valence-corrected chi connectivity index (χ2v) is 3.01. The highest BCUT2D eigenvalue weighted by molar-refractivity contribution is 9.10. The summed E-state index contributed by atoms with van der Waals surface area (Å²) < 4.78 is 0.781. The van der Waals surface area contributed by atoms with Crippen molar-refractivity contribution in [1.82, 2.24) is 20.2 Å². The summed E-state index contributed by atoms with van der Waals surface area (Å²) in [6.07, 6.45) is 1.69. The molecule has 56 valence electrons. The van der Waals surface area contributed by atoms with Gasteiger partial charge in [0, 0.05) is 0 Å². The van der Waals surface area contributed by atoms with E-state index in [1.807, 2.05) is 6.92 Å². The van der Waals surface area contributed by atoms with Gasteiger partial charge >= 0.3 is 0 Å². The lowest BCUT2D eigenvalue weighted by Gasteiger charge is -1.88. The fourth-order valence-corrected chi connectivity index (χ4v) is 1.21. The zero-order valence-corrected chi connectivity index (χ0v) is 7.38. The summed E-state index contributed by atoms with van der Waals surface area (Å²) in [5.41, 5.74) is 2.31. The number of hydrogen-bond acceptors (Lipinski definition) is 3. The molecule has 11 heavy (non-hydrogen) atoms. The molecule has 2 aromatic rings. The predicted molar refractivity (Wildman–Crippen MR) is 44.1 cm³/mol. The maximum absolute atomic E-state index is 4.23. The van der Waals surface area contributed by atoms with E-state index in [2.05, 4.69) is 36.1 Å². The lowest BCUT2D eigenvalue weighted by molar-refractivity contribution is 1.08. The summed E-state index contributed by atoms with van der Waals surface area (Å²) >= 11 is 3.28. The highest BCUT2D eigenvalue weighted by Crippen LogP contribution is 2.15. The van der Waals surface area contributed by atoms with Gasteiger partial charge in [-0.15, -0.1) is 0 Å². The van der Waals surface area contributed by atoms with Crippen LogP contribution in [-0.2, 0) is 0 Å². The Balaban J connectivity index is 2.87. The highest BCUT2D eigenvalue weighted by Gasteiger charge is 2.03. The summed E-state index contributed by atoms with van der Waals surface area (Å²) in [6.45, 7) is 1.89. The van der Waals surface area contributed by atoms with Gasteiger partial charge < -0.3 is 0 Å². The molecule has 0 amide bonds. The van der Waals surface area contributed by atoms with Crippen LogP contribution >= 0.6 is 15.9 Å². The zero-order valence-electron chi connectivity index (χ0n) is 5.80. The van der Waals surface area contributed by atoms with E-state index in [0.717, 1.165) is 15.8 Å². The standard InChI is InChI=1S/C6H5BrN4/c1-3-2-8-6-4(9-3)5(7)10-11-6/h2H,1H3,(H,8,10,11). The van der Waals surface area contributed by atoms with E-state index in [9.17, 15) is 0 Å². The van der Waals surface area contributed by atoms with Crippen LogP contribution in [0.2, 0.25) is 0 Å². The van der Waals surface area contributed by atoms with Crippen LogP contribution in [0, 0.1) is 6.92 Å². The third-order valence-corrected chi connectivity index (χ3v) is 1.89. The minimum Gasteiger partial charge on any atom is -0.267 e. The first-order valence-electron chi connectivity index (χ1n) is 3.10. The van der Waals surface area contributed by atoms with Gasteiger partial charge in [-0.2, -0.15) is 5.10 Å². The molecule has 5 heteroatoms. The number of aromatic nitrogens is 4. The molecule has 0 aliphatic heterocycles. The molecule has 0 bridgehead atoms. The summed E-state index contributed by atoms with van der Waals surface area (Å²) in [7, 11) is 0. The van der Waals surface area contributed by atoms with E-state index in [1.165, 1.54) is 0 Å². The molecule has 0 aliphatic carbocycles. The number of nitrogens with one attached hydrogen (secondary N) is 1. The van der Waals surface area contributed by atoms with E-state index in [4.69, 9.17) is 0 Å². The summed E-state index contributed by atoms with van der Waals surface area (Å²) in [6, 6.07) is 0. The largest absolute Gasteiger partial charge is 0.267 e. The fourth-order valence-electron chi connectivity index (χ4n) is 0.855. The number of hydrogen-bond donors (Lipinski definition) is 1. The summed E-state index contributed by atoms with van der Waals surface area (Å²) in [5, 5.41) is 6.66. The molecule has 0 saturated carbocycles. The van der Waals surface area contributed by atoms with Crippen LogP contribution in [0.1, 0.15) is 5.69 Å². The Hall–Kier alpha value is -0.970. The Morgan fingerprint density at radius 2 is 2.36 bits per heavy atom. The Labute approximate surface area is 71.2 Å². The van der Waals surface area contributed by atoms with Crippen LogP contribution < -0.4 is 0 Å². The molecular weight excluding hydrogens is 208 g/mol. The number of aryl methyl sites for hydroxylation is 1. The van der Waals surface area contributed by atoms with E-state index < -0.39 is 0 Å². The second kappa shape index (κ2) is 2.27. The Morgan fingerprint density at radius 1 is 1.55 bits per heavy atom. The SMILES string of the molecule is Cc1cnc2n[nH]c(Br)c2n1. The van der Waals surface area contributed by atoms with Crippen molar-refractivity contribution < 1.29 is 0 Å². The van der Waals surface area contributed by atoms with Gasteiger partial charge in [0.05, 0.1) is 11.9 Å². The van der Waals surface area contributed by atoms with Crippen molar-refractivity contribution in [3.05, 3.63) is 16.5 Å². The molecule has 2 rings (SSSR count). The van der Waals surface area contributed by atoms with Gasteiger partial charge in [0.2, 0.25) is 5.65 Å². The molecule has 0 saturated heterocycles. The monoisotopic (exact) mass is 212 g/mol. The average molecular weight is 213 g/mol. The highest BCUT2D eigenvalue weighted by atomic mass is 79.9. The lowest BCUT2D eigenvalue weighted by atomic mass is 10.5. The van der Waals surface area contributed by atoms with Crippen LogP contribution in [0.15, 0.2) is 10.8 Å². The van der Waals surface area contributed by atoms with Gasteiger partial charge in [0.15, 0.2) is 0 Å². The smallest absolute Gasteiger partial charge is 0.200 e. The van der Waals surface area contributed by atoms with E-state index in [0.29, 0.717) is 5.65 Å². The Bertz CT molecular complexity index is 394. The van der Waals surface area contributed by atoms with Gasteiger partial charge in [-0.3, -0.25) is 5.10 Å². The molecule has 2 heterocycles. The molecular formula is C6H5BrN4. The maximum Gasteiger partial charge on any atom is 0.200 e. The van der Waals surface area contributed by atoms with Crippen LogP contribution in [0.5, 0.6) is 0 Å². The lowest BCUT2D eigenvalue weighted by Crippen LogP contribution is -1.83. The molecule has 0 aliphatic rings. The van der Waals surface area contributed by atoms with Crippen LogP contribution in [0.4, 0.5) is 0 Å². The zero-order chi connectivity index (χ0) is 7.84. The molecule has 0 radical (unpaired) electrons. The minimum atomic E-state index is 0.641. The number of aromatic amines is 1. The first-order chi connectivity index (χ1) is 5.27. The second-order valence-electron chi connectivity index (χ2n) is 2.22. The molecule has 0 aromatic carbocycles. The average Bonchev–Trinajstić information content (AvgIpc) is 2.33. The fraction of sp³-hybridized carbons (Fsp3) is 0.167. The number of fused-ring (bicyclic) bond motifs is 1. The molecule has 0 spiro atoms.